The Labute approximate surface area is 122 Å². The van der Waals surface area contributed by atoms with Gasteiger partial charge in [0.2, 0.25) is 0 Å². The van der Waals surface area contributed by atoms with Crippen LogP contribution in [0.1, 0.15) is 12.5 Å². The lowest BCUT2D eigenvalue weighted by Gasteiger charge is -2.12. The highest BCUT2D eigenvalue weighted by Crippen LogP contribution is 2.34. The Bertz CT molecular complexity index is 729. The van der Waals surface area contributed by atoms with Crippen molar-refractivity contribution in [3.63, 3.8) is 0 Å². The Morgan fingerprint density at radius 1 is 1.15 bits per heavy atom. The summed E-state index contributed by atoms with van der Waals surface area (Å²) in [7, 11) is 0. The number of allylic oxidation sites excluding steroid dienone is 2. The van der Waals surface area contributed by atoms with Crippen LogP contribution in [0.2, 0.25) is 0 Å². The lowest BCUT2D eigenvalue weighted by Crippen LogP contribution is -1.99. The van der Waals surface area contributed by atoms with Crippen LogP contribution in [0, 0.1) is 0 Å². The number of carbonyl (C=O) groups excluding carboxylic acids is 2. The first kappa shape index (κ1) is 14.3. The predicted molar refractivity (Wildman–Crippen MR) is 84.7 cm³/mol. The third-order valence-corrected chi connectivity index (χ3v) is 3.78. The monoisotopic (exact) mass is 282 g/mol. The molecule has 100 valence electrons. The van der Waals surface area contributed by atoms with Gasteiger partial charge < -0.3 is 0 Å². The minimum atomic E-state index is -0.230. The summed E-state index contributed by atoms with van der Waals surface area (Å²) in [6, 6.07) is 11.5. The number of benzene rings is 2. The summed E-state index contributed by atoms with van der Waals surface area (Å²) in [4.78, 5) is 24.0. The summed E-state index contributed by atoms with van der Waals surface area (Å²) in [6.45, 7) is 8.86. The van der Waals surface area contributed by atoms with Crippen molar-refractivity contribution in [1.29, 1.82) is 0 Å². The average molecular weight is 282 g/mol. The van der Waals surface area contributed by atoms with Gasteiger partial charge in [0.15, 0.2) is 10.9 Å². The second-order valence-corrected chi connectivity index (χ2v) is 5.52. The molecule has 0 aliphatic heterocycles. The molecule has 0 unspecified atom stereocenters. The Hall–Kier alpha value is -2.13. The van der Waals surface area contributed by atoms with Crippen LogP contribution < -0.4 is 0 Å². The zero-order valence-electron chi connectivity index (χ0n) is 11.2. The normalized spacial score (nSPS) is 10.2. The molecule has 0 spiro atoms. The first-order valence-electron chi connectivity index (χ1n) is 6.11. The molecule has 0 radical (unpaired) electrons. The Morgan fingerprint density at radius 3 is 2.50 bits per heavy atom. The Kier molecular flexibility index (Phi) is 4.20. The van der Waals surface area contributed by atoms with E-state index in [2.05, 4.69) is 13.2 Å². The van der Waals surface area contributed by atoms with Crippen molar-refractivity contribution in [3.8, 4) is 0 Å². The first-order chi connectivity index (χ1) is 9.54. The van der Waals surface area contributed by atoms with E-state index in [0.717, 1.165) is 27.4 Å². The fourth-order valence-corrected chi connectivity index (χ4v) is 2.83. The van der Waals surface area contributed by atoms with Crippen LogP contribution >= 0.6 is 11.8 Å². The topological polar surface area (TPSA) is 34.1 Å². The molecule has 0 heterocycles. The van der Waals surface area contributed by atoms with Gasteiger partial charge in [0, 0.05) is 23.0 Å². The number of fused-ring (bicyclic) bond motifs is 1. The van der Waals surface area contributed by atoms with Gasteiger partial charge in [-0.1, -0.05) is 55.3 Å². The van der Waals surface area contributed by atoms with E-state index in [1.165, 1.54) is 13.0 Å². The van der Waals surface area contributed by atoms with Crippen LogP contribution in [0.25, 0.3) is 16.3 Å². The maximum Gasteiger partial charge on any atom is 0.190 e. The zero-order valence-corrected chi connectivity index (χ0v) is 12.0. The maximum atomic E-state index is 11.9. The minimum Gasteiger partial charge on any atom is -0.289 e. The molecule has 20 heavy (non-hydrogen) atoms. The summed E-state index contributed by atoms with van der Waals surface area (Å²) in [5.41, 5.74) is 1.08. The third-order valence-electron chi connectivity index (χ3n) is 2.93. The summed E-state index contributed by atoms with van der Waals surface area (Å²) in [5, 5.41) is 1.90. The van der Waals surface area contributed by atoms with Crippen molar-refractivity contribution in [2.75, 3.05) is 0 Å². The van der Waals surface area contributed by atoms with Crippen molar-refractivity contribution in [2.24, 2.45) is 0 Å². The molecule has 2 nitrogen and oxygen atoms in total. The van der Waals surface area contributed by atoms with Gasteiger partial charge in [-0.05, 0) is 22.9 Å². The van der Waals surface area contributed by atoms with Crippen LogP contribution in [-0.4, -0.2) is 10.9 Å². The molecular weight excluding hydrogens is 268 g/mol. The molecule has 0 bridgehead atoms. The lowest BCUT2D eigenvalue weighted by molar-refractivity contribution is -0.110. The van der Waals surface area contributed by atoms with Gasteiger partial charge >= 0.3 is 0 Å². The molecule has 0 atom stereocenters. The molecule has 3 heteroatoms. The molecule has 0 saturated heterocycles. The highest BCUT2D eigenvalue weighted by Gasteiger charge is 2.16. The Morgan fingerprint density at radius 2 is 1.85 bits per heavy atom. The zero-order chi connectivity index (χ0) is 14.7. The van der Waals surface area contributed by atoms with Gasteiger partial charge in [-0.3, -0.25) is 9.59 Å². The predicted octanol–water partition coefficient (Wildman–Crippen LogP) is 4.25. The van der Waals surface area contributed by atoms with E-state index in [1.807, 2.05) is 36.4 Å². The second-order valence-electron chi connectivity index (χ2n) is 4.30. The number of carbonyl (C=O) groups is 2. The molecule has 0 aliphatic rings. The smallest absolute Gasteiger partial charge is 0.190 e. The van der Waals surface area contributed by atoms with Crippen LogP contribution in [0.4, 0.5) is 0 Å². The van der Waals surface area contributed by atoms with E-state index in [4.69, 9.17) is 0 Å². The minimum absolute atomic E-state index is 0.0274. The largest absolute Gasteiger partial charge is 0.289 e. The van der Waals surface area contributed by atoms with Crippen LogP contribution in [-0.2, 0) is 9.59 Å². The van der Waals surface area contributed by atoms with Gasteiger partial charge in [-0.25, -0.2) is 0 Å². The third kappa shape index (κ3) is 2.73. The van der Waals surface area contributed by atoms with Gasteiger partial charge in [0.05, 0.1) is 0 Å². The molecule has 0 aliphatic carbocycles. The molecule has 0 fully saturated rings. The number of rotatable bonds is 4. The average Bonchev–Trinajstić information content (AvgIpc) is 2.45. The van der Waals surface area contributed by atoms with Crippen LogP contribution in [0.5, 0.6) is 0 Å². The number of thioether (sulfide) groups is 1. The van der Waals surface area contributed by atoms with E-state index in [0.29, 0.717) is 11.1 Å². The van der Waals surface area contributed by atoms with E-state index < -0.39 is 0 Å². The molecule has 0 saturated carbocycles. The summed E-state index contributed by atoms with van der Waals surface area (Å²) >= 11 is 1.11. The molecular formula is C17H14O2S. The van der Waals surface area contributed by atoms with E-state index >= 15 is 0 Å². The molecule has 0 N–H and O–H groups in total. The molecule has 0 aromatic heterocycles. The quantitative estimate of drug-likeness (QED) is 0.621. The number of hydrogen-bond donors (Lipinski definition) is 0. The highest BCUT2D eigenvalue weighted by molar-refractivity contribution is 8.13. The van der Waals surface area contributed by atoms with Crippen molar-refractivity contribution in [2.45, 2.75) is 11.8 Å². The SMILES string of the molecule is C=CC(=O)C(=C)c1c(SC(C)=O)ccc2ccccc12. The van der Waals surface area contributed by atoms with E-state index in [1.54, 1.807) is 0 Å². The maximum absolute atomic E-state index is 11.9. The number of ketones is 1. The van der Waals surface area contributed by atoms with Crippen molar-refractivity contribution in [3.05, 3.63) is 61.2 Å². The molecule has 0 amide bonds. The van der Waals surface area contributed by atoms with Gasteiger partial charge in [-0.15, -0.1) is 0 Å². The molecule has 2 aromatic carbocycles. The Balaban J connectivity index is 2.73. The van der Waals surface area contributed by atoms with E-state index in [9.17, 15) is 9.59 Å². The second kappa shape index (κ2) is 5.88. The summed E-state index contributed by atoms with van der Waals surface area (Å²) in [6.07, 6.45) is 1.24. The van der Waals surface area contributed by atoms with E-state index in [-0.39, 0.29) is 10.9 Å². The van der Waals surface area contributed by atoms with Crippen molar-refractivity contribution < 1.29 is 9.59 Å². The number of hydrogen-bond acceptors (Lipinski definition) is 3. The first-order valence-corrected chi connectivity index (χ1v) is 6.92. The lowest BCUT2D eigenvalue weighted by atomic mass is 9.96. The van der Waals surface area contributed by atoms with Crippen molar-refractivity contribution >= 4 is 39.0 Å². The summed E-state index contributed by atoms with van der Waals surface area (Å²) < 4.78 is 0. The summed E-state index contributed by atoms with van der Waals surface area (Å²) in [5.74, 6) is -0.230. The molecule has 2 aromatic rings. The van der Waals surface area contributed by atoms with Gasteiger partial charge in [0.25, 0.3) is 0 Å². The van der Waals surface area contributed by atoms with Crippen molar-refractivity contribution in [1.82, 2.24) is 0 Å². The van der Waals surface area contributed by atoms with Crippen LogP contribution in [0.3, 0.4) is 0 Å². The van der Waals surface area contributed by atoms with Gasteiger partial charge in [0.1, 0.15) is 0 Å². The molecule has 2 rings (SSSR count). The fraction of sp³-hybridized carbons (Fsp3) is 0.0588. The standard InChI is InChI=1S/C17H14O2S/c1-4-15(19)11(2)17-14-8-6-5-7-13(14)9-10-16(17)20-12(3)18/h4-10H,1-2H2,3H3. The highest BCUT2D eigenvalue weighted by atomic mass is 32.2. The fourth-order valence-electron chi connectivity index (χ4n) is 2.05. The van der Waals surface area contributed by atoms with Crippen LogP contribution in [0.15, 0.2) is 60.5 Å². The van der Waals surface area contributed by atoms with Gasteiger partial charge in [-0.2, -0.15) is 0 Å².